The molecule has 0 bridgehead atoms. The molecule has 2 heterocycles. The summed E-state index contributed by atoms with van der Waals surface area (Å²) in [6, 6.07) is 4.84. The van der Waals surface area contributed by atoms with Crippen molar-refractivity contribution < 1.29 is 14.4 Å². The Hall–Kier alpha value is -2.62. The number of hydrogen-bond donors (Lipinski definition) is 2. The third-order valence-corrected chi connectivity index (χ3v) is 5.16. The van der Waals surface area contributed by atoms with Gasteiger partial charge in [-0.1, -0.05) is 29.3 Å². The summed E-state index contributed by atoms with van der Waals surface area (Å²) in [5, 5.41) is 2.96. The zero-order valence-electron chi connectivity index (χ0n) is 14.2. The Labute approximate surface area is 174 Å². The molecule has 1 aliphatic heterocycles. The van der Waals surface area contributed by atoms with E-state index < -0.39 is 17.1 Å². The number of amides is 3. The Balaban J connectivity index is 1.63. The monoisotopic (exact) mass is 437 g/mol. The summed E-state index contributed by atoms with van der Waals surface area (Å²) in [6.07, 6.45) is 4.24. The molecule has 3 rings (SSSR count). The summed E-state index contributed by atoms with van der Waals surface area (Å²) < 4.78 is 0. The van der Waals surface area contributed by atoms with Crippen LogP contribution in [-0.2, 0) is 4.79 Å². The van der Waals surface area contributed by atoms with E-state index in [1.54, 1.807) is 18.2 Å². The second kappa shape index (κ2) is 8.59. The second-order valence-electron chi connectivity index (χ2n) is 5.55. The first-order valence-electron chi connectivity index (χ1n) is 7.92. The van der Waals surface area contributed by atoms with E-state index in [1.807, 2.05) is 0 Å². The Morgan fingerprint density at radius 2 is 2.00 bits per heavy atom. The maximum absolute atomic E-state index is 12.5. The van der Waals surface area contributed by atoms with Crippen LogP contribution in [0.2, 0.25) is 10.0 Å². The molecule has 1 saturated heterocycles. The molecule has 0 saturated carbocycles. The van der Waals surface area contributed by atoms with Crippen molar-refractivity contribution in [3.8, 4) is 0 Å². The van der Waals surface area contributed by atoms with Crippen LogP contribution in [0.1, 0.15) is 16.1 Å². The average molecular weight is 438 g/mol. The zero-order chi connectivity index (χ0) is 20.3. The zero-order valence-corrected chi connectivity index (χ0v) is 16.5. The first kappa shape index (κ1) is 20.1. The van der Waals surface area contributed by atoms with Crippen molar-refractivity contribution in [1.29, 1.82) is 0 Å². The molecular weight excluding hydrogens is 425 g/mol. The van der Waals surface area contributed by atoms with Crippen LogP contribution in [0.3, 0.4) is 0 Å². The largest absolute Gasteiger partial charge is 0.382 e. The van der Waals surface area contributed by atoms with Gasteiger partial charge in [0.15, 0.2) is 11.5 Å². The normalized spacial score (nSPS) is 15.4. The van der Waals surface area contributed by atoms with Crippen molar-refractivity contribution in [3.05, 3.63) is 56.8 Å². The van der Waals surface area contributed by atoms with E-state index in [9.17, 15) is 14.4 Å². The molecule has 0 atom stereocenters. The van der Waals surface area contributed by atoms with Gasteiger partial charge in [-0.25, -0.2) is 9.97 Å². The van der Waals surface area contributed by atoms with Crippen molar-refractivity contribution in [2.24, 2.45) is 0 Å². The molecule has 1 aromatic heterocycles. The molecule has 2 aromatic rings. The Kier molecular flexibility index (Phi) is 6.18. The smallest absolute Gasteiger partial charge is 0.293 e. The first-order valence-corrected chi connectivity index (χ1v) is 9.49. The van der Waals surface area contributed by atoms with Crippen LogP contribution in [-0.4, -0.2) is 45.0 Å². The predicted octanol–water partition coefficient (Wildman–Crippen LogP) is 2.83. The van der Waals surface area contributed by atoms with Gasteiger partial charge in [0.05, 0.1) is 4.91 Å². The molecule has 0 unspecified atom stereocenters. The minimum Gasteiger partial charge on any atom is -0.382 e. The van der Waals surface area contributed by atoms with Gasteiger partial charge in [-0.15, -0.1) is 0 Å². The van der Waals surface area contributed by atoms with Gasteiger partial charge in [0, 0.05) is 35.5 Å². The van der Waals surface area contributed by atoms with Crippen LogP contribution in [0.4, 0.5) is 10.6 Å². The fraction of sp³-hybridized carbons (Fsp3) is 0.118. The van der Waals surface area contributed by atoms with E-state index in [0.717, 1.165) is 16.7 Å². The lowest BCUT2D eigenvalue weighted by molar-refractivity contribution is -0.122. The fourth-order valence-electron chi connectivity index (χ4n) is 2.34. The standard InChI is InChI=1S/C17H13Cl2N5O3S/c18-10-2-1-9(11(19)8-10)7-12-16(26)24(17(27)28-12)6-5-23-15(25)13-14(20)22-4-3-21-13/h1-4,7-8H,5-6H2,(H2,20,22)(H,23,25). The second-order valence-corrected chi connectivity index (χ2v) is 7.38. The number of nitrogens with one attached hydrogen (secondary N) is 1. The molecule has 0 radical (unpaired) electrons. The molecule has 1 fully saturated rings. The van der Waals surface area contributed by atoms with Crippen molar-refractivity contribution in [2.75, 3.05) is 18.8 Å². The molecular formula is C17H13Cl2N5O3S. The van der Waals surface area contributed by atoms with Crippen molar-refractivity contribution in [3.63, 3.8) is 0 Å². The molecule has 3 N–H and O–H groups in total. The number of rotatable bonds is 5. The Morgan fingerprint density at radius 3 is 2.71 bits per heavy atom. The Bertz CT molecular complexity index is 999. The quantitative estimate of drug-likeness (QED) is 0.690. The molecule has 8 nitrogen and oxygen atoms in total. The molecule has 0 aliphatic carbocycles. The van der Waals surface area contributed by atoms with E-state index in [4.69, 9.17) is 28.9 Å². The molecule has 28 heavy (non-hydrogen) atoms. The molecule has 11 heteroatoms. The van der Waals surface area contributed by atoms with Gasteiger partial charge < -0.3 is 11.1 Å². The van der Waals surface area contributed by atoms with Gasteiger partial charge in [-0.3, -0.25) is 19.3 Å². The number of nitrogens with two attached hydrogens (primary N) is 1. The highest BCUT2D eigenvalue weighted by molar-refractivity contribution is 8.18. The number of halogens is 2. The highest BCUT2D eigenvalue weighted by atomic mass is 35.5. The lowest BCUT2D eigenvalue weighted by Gasteiger charge is -2.13. The number of nitrogen functional groups attached to an aromatic ring is 1. The molecule has 1 aromatic carbocycles. The van der Waals surface area contributed by atoms with Crippen LogP contribution >= 0.6 is 35.0 Å². The summed E-state index contributed by atoms with van der Waals surface area (Å²) in [4.78, 5) is 45.6. The average Bonchev–Trinajstić information content (AvgIpc) is 2.91. The molecule has 0 spiro atoms. The maximum atomic E-state index is 12.5. The fourth-order valence-corrected chi connectivity index (χ4v) is 3.66. The lowest BCUT2D eigenvalue weighted by Crippen LogP contribution is -2.37. The third kappa shape index (κ3) is 4.44. The highest BCUT2D eigenvalue weighted by Gasteiger charge is 2.34. The molecule has 3 amide bonds. The van der Waals surface area contributed by atoms with Crippen LogP contribution in [0, 0.1) is 0 Å². The van der Waals surface area contributed by atoms with Crippen LogP contribution in [0.25, 0.3) is 6.08 Å². The van der Waals surface area contributed by atoms with Crippen molar-refractivity contribution in [1.82, 2.24) is 20.2 Å². The van der Waals surface area contributed by atoms with E-state index >= 15 is 0 Å². The van der Waals surface area contributed by atoms with Crippen LogP contribution < -0.4 is 11.1 Å². The highest BCUT2D eigenvalue weighted by Crippen LogP contribution is 2.33. The minimum absolute atomic E-state index is 0.00225. The lowest BCUT2D eigenvalue weighted by atomic mass is 10.2. The summed E-state index contributed by atoms with van der Waals surface area (Å²) >= 11 is 12.8. The van der Waals surface area contributed by atoms with Gasteiger partial charge in [-0.05, 0) is 35.5 Å². The van der Waals surface area contributed by atoms with Gasteiger partial charge in [0.1, 0.15) is 0 Å². The summed E-state index contributed by atoms with van der Waals surface area (Å²) in [7, 11) is 0. The Morgan fingerprint density at radius 1 is 1.25 bits per heavy atom. The number of nitrogens with zero attached hydrogens (tertiary/aromatic N) is 3. The number of aromatic nitrogens is 2. The predicted molar refractivity (Wildman–Crippen MR) is 108 cm³/mol. The molecule has 1 aliphatic rings. The van der Waals surface area contributed by atoms with Crippen molar-refractivity contribution in [2.45, 2.75) is 0 Å². The van der Waals surface area contributed by atoms with Crippen molar-refractivity contribution >= 4 is 63.9 Å². The first-order chi connectivity index (χ1) is 13.4. The van der Waals surface area contributed by atoms with E-state index in [-0.39, 0.29) is 29.5 Å². The maximum Gasteiger partial charge on any atom is 0.293 e. The number of carbonyl (C=O) groups is 3. The topological polar surface area (TPSA) is 118 Å². The minimum atomic E-state index is -0.541. The van der Waals surface area contributed by atoms with Gasteiger partial charge in [0.2, 0.25) is 0 Å². The van der Waals surface area contributed by atoms with Gasteiger partial charge in [0.25, 0.3) is 17.1 Å². The summed E-state index contributed by atoms with van der Waals surface area (Å²) in [5.74, 6) is -1.01. The number of thioether (sulfide) groups is 1. The summed E-state index contributed by atoms with van der Waals surface area (Å²) in [5.41, 5.74) is 6.14. The van der Waals surface area contributed by atoms with E-state index in [2.05, 4.69) is 15.3 Å². The van der Waals surface area contributed by atoms with Crippen LogP contribution in [0.15, 0.2) is 35.5 Å². The number of imide groups is 1. The molecule has 144 valence electrons. The number of benzene rings is 1. The number of hydrogen-bond acceptors (Lipinski definition) is 7. The van der Waals surface area contributed by atoms with Crippen LogP contribution in [0.5, 0.6) is 0 Å². The van der Waals surface area contributed by atoms with Gasteiger partial charge in [-0.2, -0.15) is 0 Å². The van der Waals surface area contributed by atoms with E-state index in [0.29, 0.717) is 15.6 Å². The third-order valence-electron chi connectivity index (χ3n) is 3.69. The van der Waals surface area contributed by atoms with E-state index in [1.165, 1.54) is 18.5 Å². The number of anilines is 1. The van der Waals surface area contributed by atoms with Gasteiger partial charge >= 0.3 is 0 Å². The number of carbonyl (C=O) groups excluding carboxylic acids is 3. The SMILES string of the molecule is Nc1nccnc1C(=O)NCCN1C(=O)SC(=Cc2ccc(Cl)cc2Cl)C1=O. The summed E-state index contributed by atoms with van der Waals surface area (Å²) in [6.45, 7) is 0.0458.